The van der Waals surface area contributed by atoms with E-state index in [0.29, 0.717) is 16.8 Å². The smallest absolute Gasteiger partial charge is 0.258 e. The first-order valence-corrected chi connectivity index (χ1v) is 11.6. The summed E-state index contributed by atoms with van der Waals surface area (Å²) in [7, 11) is 2.07. The maximum Gasteiger partial charge on any atom is 0.258 e. The van der Waals surface area contributed by atoms with Gasteiger partial charge in [-0.2, -0.15) is 0 Å². The van der Waals surface area contributed by atoms with Crippen molar-refractivity contribution in [1.82, 2.24) is 20.2 Å². The molecule has 1 aliphatic rings. The lowest BCUT2D eigenvalue weighted by Gasteiger charge is -2.29. The van der Waals surface area contributed by atoms with Crippen molar-refractivity contribution in [2.75, 3.05) is 25.9 Å². The van der Waals surface area contributed by atoms with Crippen molar-refractivity contribution in [2.45, 2.75) is 31.9 Å². The number of carbonyl (C=O) groups excluding carboxylic acids is 1. The van der Waals surface area contributed by atoms with Crippen molar-refractivity contribution < 1.29 is 18.3 Å². The first kappa shape index (κ1) is 24.8. The highest BCUT2D eigenvalue weighted by Gasteiger charge is 2.22. The van der Waals surface area contributed by atoms with Gasteiger partial charge in [0, 0.05) is 22.7 Å². The molecule has 0 radical (unpaired) electrons. The van der Waals surface area contributed by atoms with Crippen LogP contribution in [0.15, 0.2) is 42.6 Å². The van der Waals surface area contributed by atoms with Crippen molar-refractivity contribution in [3.05, 3.63) is 70.4 Å². The number of nitrogens with zero attached hydrogens (tertiary/aromatic N) is 3. The number of hydrogen-bond acceptors (Lipinski definition) is 6. The molecule has 1 atom stereocenters. The highest BCUT2D eigenvalue weighted by molar-refractivity contribution is 6.31. The molecule has 1 aromatic heterocycles. The first-order chi connectivity index (χ1) is 16.7. The average Bonchev–Trinajstić information content (AvgIpc) is 2.84. The zero-order chi connectivity index (χ0) is 25.1. The Balaban J connectivity index is 1.48. The van der Waals surface area contributed by atoms with Crippen LogP contribution in [0.5, 0.6) is 5.88 Å². The second-order valence-electron chi connectivity index (χ2n) is 8.59. The number of benzene rings is 2. The number of halogens is 3. The monoisotopic (exact) mass is 501 g/mol. The van der Waals surface area contributed by atoms with Crippen molar-refractivity contribution in [3.8, 4) is 17.1 Å². The first-order valence-electron chi connectivity index (χ1n) is 11.3. The van der Waals surface area contributed by atoms with E-state index in [1.165, 1.54) is 13.1 Å². The average molecular weight is 502 g/mol. The molecular formula is C25H26ClF2N5O2. The second kappa shape index (κ2) is 10.5. The summed E-state index contributed by atoms with van der Waals surface area (Å²) in [6.07, 6.45) is 2.34. The number of rotatable bonds is 6. The fourth-order valence-electron chi connectivity index (χ4n) is 3.96. The summed E-state index contributed by atoms with van der Waals surface area (Å²) in [6, 6.07) is 9.01. The minimum Gasteiger partial charge on any atom is -0.467 e. The van der Waals surface area contributed by atoms with E-state index >= 15 is 0 Å². The van der Waals surface area contributed by atoms with Gasteiger partial charge in [-0.3, -0.25) is 4.79 Å². The van der Waals surface area contributed by atoms with Crippen LogP contribution < -0.4 is 15.8 Å². The van der Waals surface area contributed by atoms with Gasteiger partial charge in [0.2, 0.25) is 0 Å². The van der Waals surface area contributed by atoms with Gasteiger partial charge in [-0.25, -0.2) is 18.7 Å². The highest BCUT2D eigenvalue weighted by Crippen LogP contribution is 2.33. The van der Waals surface area contributed by atoms with Gasteiger partial charge in [-0.15, -0.1) is 0 Å². The van der Waals surface area contributed by atoms with Crippen LogP contribution in [0.25, 0.3) is 11.3 Å². The van der Waals surface area contributed by atoms with E-state index in [-0.39, 0.29) is 34.2 Å². The number of likely N-dealkylation sites (tertiary alicyclic amines) is 1. The van der Waals surface area contributed by atoms with Gasteiger partial charge in [0.1, 0.15) is 17.7 Å². The third kappa shape index (κ3) is 5.68. The van der Waals surface area contributed by atoms with E-state index in [1.807, 2.05) is 0 Å². The molecule has 4 rings (SSSR count). The predicted octanol–water partition coefficient (Wildman–Crippen LogP) is 4.62. The van der Waals surface area contributed by atoms with E-state index in [0.717, 1.165) is 38.1 Å². The van der Waals surface area contributed by atoms with Crippen LogP contribution >= 0.6 is 11.6 Å². The van der Waals surface area contributed by atoms with Crippen LogP contribution in [-0.4, -0.2) is 47.0 Å². The number of ether oxygens (including phenoxy) is 1. The molecule has 35 heavy (non-hydrogen) atoms. The van der Waals surface area contributed by atoms with Crippen molar-refractivity contribution >= 4 is 23.3 Å². The Bertz CT molecular complexity index is 1220. The summed E-state index contributed by atoms with van der Waals surface area (Å²) in [6.45, 7) is 3.43. The molecule has 0 spiro atoms. The van der Waals surface area contributed by atoms with E-state index in [2.05, 4.69) is 27.2 Å². The number of piperidine rings is 1. The van der Waals surface area contributed by atoms with Crippen molar-refractivity contribution in [3.63, 3.8) is 0 Å². The molecule has 1 unspecified atom stereocenters. The standard InChI is InChI=1S/C25H26ClF2N5O2/c1-14(21-18(27)7-8-19(28)22(21)26)35-25-23(29)30-13-20(32-25)15-3-5-16(6-4-15)24(34)31-17-9-11-33(2)12-10-17/h3-8,13-14,17H,9-12H2,1-2H3,(H2,29,30)(H,31,34). The fourth-order valence-corrected chi connectivity index (χ4v) is 4.27. The quantitative estimate of drug-likeness (QED) is 0.479. The van der Waals surface area contributed by atoms with Crippen LogP contribution in [0.1, 0.15) is 41.8 Å². The molecule has 0 bridgehead atoms. The zero-order valence-electron chi connectivity index (χ0n) is 19.4. The SMILES string of the molecule is CC(Oc1nc(-c2ccc(C(=O)NC3CCN(C)CC3)cc2)cnc1N)c1c(F)ccc(F)c1Cl. The Labute approximate surface area is 207 Å². The van der Waals surface area contributed by atoms with Crippen LogP contribution in [0.4, 0.5) is 14.6 Å². The topological polar surface area (TPSA) is 93.4 Å². The molecule has 3 aromatic rings. The molecule has 3 N–H and O–H groups in total. The molecule has 0 saturated carbocycles. The van der Waals surface area contributed by atoms with E-state index in [9.17, 15) is 13.6 Å². The van der Waals surface area contributed by atoms with Gasteiger partial charge < -0.3 is 20.7 Å². The molecule has 2 aromatic carbocycles. The third-order valence-electron chi connectivity index (χ3n) is 6.04. The normalized spacial score (nSPS) is 15.6. The van der Waals surface area contributed by atoms with Crippen LogP contribution in [0.3, 0.4) is 0 Å². The maximum absolute atomic E-state index is 14.3. The summed E-state index contributed by atoms with van der Waals surface area (Å²) in [4.78, 5) is 23.4. The lowest BCUT2D eigenvalue weighted by molar-refractivity contribution is 0.0917. The van der Waals surface area contributed by atoms with Gasteiger partial charge in [0.15, 0.2) is 5.82 Å². The van der Waals surface area contributed by atoms with Crippen LogP contribution in [0, 0.1) is 11.6 Å². The van der Waals surface area contributed by atoms with Crippen molar-refractivity contribution in [1.29, 1.82) is 0 Å². The number of aromatic nitrogens is 2. The molecule has 7 nitrogen and oxygen atoms in total. The molecule has 1 amide bonds. The van der Waals surface area contributed by atoms with Crippen molar-refractivity contribution in [2.24, 2.45) is 0 Å². The summed E-state index contributed by atoms with van der Waals surface area (Å²) in [5.74, 6) is -1.64. The molecule has 1 saturated heterocycles. The van der Waals surface area contributed by atoms with Crippen LogP contribution in [-0.2, 0) is 0 Å². The minimum atomic E-state index is -0.976. The maximum atomic E-state index is 14.3. The van der Waals surface area contributed by atoms with Gasteiger partial charge in [0.25, 0.3) is 11.8 Å². The number of carbonyl (C=O) groups is 1. The van der Waals surface area contributed by atoms with E-state index in [1.54, 1.807) is 24.3 Å². The van der Waals surface area contributed by atoms with E-state index in [4.69, 9.17) is 22.1 Å². The van der Waals surface area contributed by atoms with Gasteiger partial charge in [0.05, 0.1) is 16.9 Å². The summed E-state index contributed by atoms with van der Waals surface area (Å²) in [5.41, 5.74) is 7.43. The highest BCUT2D eigenvalue weighted by atomic mass is 35.5. The van der Waals surface area contributed by atoms with E-state index < -0.39 is 17.7 Å². The number of nitrogens with two attached hydrogens (primary N) is 1. The van der Waals surface area contributed by atoms with Gasteiger partial charge >= 0.3 is 0 Å². The molecule has 184 valence electrons. The Morgan fingerprint density at radius 1 is 1.17 bits per heavy atom. The number of anilines is 1. The third-order valence-corrected chi connectivity index (χ3v) is 6.42. The molecule has 1 aliphatic heterocycles. The molecule has 10 heteroatoms. The molecular weight excluding hydrogens is 476 g/mol. The molecule has 0 aliphatic carbocycles. The Kier molecular flexibility index (Phi) is 7.47. The summed E-state index contributed by atoms with van der Waals surface area (Å²) in [5, 5.41) is 2.72. The largest absolute Gasteiger partial charge is 0.467 e. The lowest BCUT2D eigenvalue weighted by Crippen LogP contribution is -2.43. The number of hydrogen-bond donors (Lipinski definition) is 2. The minimum absolute atomic E-state index is 0.0114. The number of nitrogens with one attached hydrogen (secondary N) is 1. The molecule has 1 fully saturated rings. The Hall–Kier alpha value is -3.30. The Morgan fingerprint density at radius 2 is 1.83 bits per heavy atom. The van der Waals surface area contributed by atoms with Gasteiger partial charge in [-0.1, -0.05) is 23.7 Å². The fraction of sp³-hybridized carbons (Fsp3) is 0.320. The number of amides is 1. The second-order valence-corrected chi connectivity index (χ2v) is 8.97. The predicted molar refractivity (Wildman–Crippen MR) is 130 cm³/mol. The summed E-state index contributed by atoms with van der Waals surface area (Å²) < 4.78 is 33.8. The molecule has 2 heterocycles. The van der Waals surface area contributed by atoms with Crippen LogP contribution in [0.2, 0.25) is 5.02 Å². The van der Waals surface area contributed by atoms with Gasteiger partial charge in [-0.05, 0) is 64.2 Å². The summed E-state index contributed by atoms with van der Waals surface area (Å²) >= 11 is 5.94. The lowest BCUT2D eigenvalue weighted by atomic mass is 10.0. The zero-order valence-corrected chi connectivity index (χ0v) is 20.1. The Morgan fingerprint density at radius 3 is 2.51 bits per heavy atom. The number of nitrogen functional groups attached to an aromatic ring is 1.